The van der Waals surface area contributed by atoms with Gasteiger partial charge in [0, 0.05) is 21.9 Å². The molecule has 0 spiro atoms. The minimum atomic E-state index is -0.397. The predicted molar refractivity (Wildman–Crippen MR) is 99.7 cm³/mol. The first kappa shape index (κ1) is 15.6. The van der Waals surface area contributed by atoms with Gasteiger partial charge in [0.05, 0.1) is 16.7 Å². The van der Waals surface area contributed by atoms with Crippen molar-refractivity contribution in [2.75, 3.05) is 0 Å². The van der Waals surface area contributed by atoms with E-state index >= 15 is 0 Å². The van der Waals surface area contributed by atoms with Crippen molar-refractivity contribution in [2.45, 2.75) is 45.8 Å². The highest BCUT2D eigenvalue weighted by Gasteiger charge is 2.52. The normalized spacial score (nSPS) is 19.3. The molecule has 0 unspecified atom stereocenters. The summed E-state index contributed by atoms with van der Waals surface area (Å²) in [4.78, 5) is 4.88. The molecule has 0 aliphatic carbocycles. The molecule has 4 rings (SSSR count). The van der Waals surface area contributed by atoms with E-state index in [1.54, 1.807) is 0 Å². The molecule has 0 saturated carbocycles. The Hall–Kier alpha value is -1.91. The zero-order chi connectivity index (χ0) is 17.1. The van der Waals surface area contributed by atoms with Gasteiger partial charge in [-0.25, -0.2) is 0 Å². The number of benzene rings is 2. The molecule has 0 N–H and O–H groups in total. The summed E-state index contributed by atoms with van der Waals surface area (Å²) in [5, 5.41) is 3.55. The molecular formula is C20H22BNO2. The fourth-order valence-electron chi connectivity index (χ4n) is 3.33. The molecule has 1 aliphatic rings. The predicted octanol–water partition coefficient (Wildman–Crippen LogP) is 4.00. The Balaban J connectivity index is 1.95. The molecule has 4 heteroatoms. The number of pyridine rings is 1. The molecule has 0 amide bonds. The van der Waals surface area contributed by atoms with Crippen molar-refractivity contribution in [3.05, 3.63) is 48.2 Å². The monoisotopic (exact) mass is 319 g/mol. The Morgan fingerprint density at radius 1 is 0.792 bits per heavy atom. The van der Waals surface area contributed by atoms with E-state index in [2.05, 4.69) is 77.1 Å². The van der Waals surface area contributed by atoms with Crippen LogP contribution in [0, 0.1) is 6.92 Å². The zero-order valence-corrected chi connectivity index (χ0v) is 14.9. The quantitative estimate of drug-likeness (QED) is 0.502. The number of hydrogen-bond acceptors (Lipinski definition) is 3. The second-order valence-corrected chi connectivity index (χ2v) is 7.57. The van der Waals surface area contributed by atoms with E-state index in [1.165, 1.54) is 10.8 Å². The average molecular weight is 319 g/mol. The number of aromatic nitrogens is 1. The minimum absolute atomic E-state index is 0.355. The van der Waals surface area contributed by atoms with Gasteiger partial charge in [-0.15, -0.1) is 0 Å². The maximum absolute atomic E-state index is 6.25. The molecule has 2 aromatic carbocycles. The molecule has 1 fully saturated rings. The van der Waals surface area contributed by atoms with E-state index in [0.717, 1.165) is 22.1 Å². The maximum Gasteiger partial charge on any atom is 0.497 e. The van der Waals surface area contributed by atoms with E-state index in [4.69, 9.17) is 14.3 Å². The fraction of sp³-hybridized carbons (Fsp3) is 0.350. The van der Waals surface area contributed by atoms with Gasteiger partial charge in [-0.1, -0.05) is 42.5 Å². The third kappa shape index (κ3) is 2.17. The van der Waals surface area contributed by atoms with Gasteiger partial charge in [0.2, 0.25) is 0 Å². The Kier molecular flexibility index (Phi) is 3.28. The topological polar surface area (TPSA) is 31.4 Å². The molecule has 0 radical (unpaired) electrons. The maximum atomic E-state index is 6.25. The van der Waals surface area contributed by atoms with Crippen LogP contribution in [0.2, 0.25) is 0 Å². The standard InChI is InChI=1S/C20H22BNO2/c1-13-14-9-6-7-10-15(14)16-11-8-12-17(18(16)22-13)21-23-19(2,3)20(4,5)24-21/h6-12H,1-5H3. The molecule has 0 atom stereocenters. The summed E-state index contributed by atoms with van der Waals surface area (Å²) >= 11 is 0. The molecule has 122 valence electrons. The molecule has 1 saturated heterocycles. The first-order chi connectivity index (χ1) is 11.3. The van der Waals surface area contributed by atoms with Crippen LogP contribution in [0.15, 0.2) is 42.5 Å². The first-order valence-corrected chi connectivity index (χ1v) is 8.44. The molecule has 3 aromatic rings. The van der Waals surface area contributed by atoms with Gasteiger partial charge in [-0.2, -0.15) is 0 Å². The van der Waals surface area contributed by atoms with Crippen molar-refractivity contribution in [1.29, 1.82) is 0 Å². The van der Waals surface area contributed by atoms with Crippen LogP contribution in [-0.4, -0.2) is 23.3 Å². The van der Waals surface area contributed by atoms with Crippen LogP contribution in [0.1, 0.15) is 33.4 Å². The van der Waals surface area contributed by atoms with E-state index in [-0.39, 0.29) is 11.2 Å². The van der Waals surface area contributed by atoms with Crippen LogP contribution in [0.4, 0.5) is 0 Å². The lowest BCUT2D eigenvalue weighted by Gasteiger charge is -2.32. The highest BCUT2D eigenvalue weighted by atomic mass is 16.7. The van der Waals surface area contributed by atoms with Crippen LogP contribution < -0.4 is 5.46 Å². The highest BCUT2D eigenvalue weighted by Crippen LogP contribution is 2.37. The van der Waals surface area contributed by atoms with Crippen LogP contribution in [-0.2, 0) is 9.31 Å². The third-order valence-electron chi connectivity index (χ3n) is 5.46. The van der Waals surface area contributed by atoms with Gasteiger partial charge in [0.25, 0.3) is 0 Å². The summed E-state index contributed by atoms with van der Waals surface area (Å²) in [7, 11) is -0.397. The van der Waals surface area contributed by atoms with Gasteiger partial charge in [0.15, 0.2) is 0 Å². The summed E-state index contributed by atoms with van der Waals surface area (Å²) < 4.78 is 12.5. The molecule has 1 aromatic heterocycles. The second kappa shape index (κ2) is 5.04. The van der Waals surface area contributed by atoms with Gasteiger partial charge in [0.1, 0.15) is 0 Å². The number of aryl methyl sites for hydroxylation is 1. The molecule has 3 nitrogen and oxygen atoms in total. The van der Waals surface area contributed by atoms with Crippen LogP contribution in [0.5, 0.6) is 0 Å². The number of fused-ring (bicyclic) bond motifs is 3. The summed E-state index contributed by atoms with van der Waals surface area (Å²) in [6.45, 7) is 10.4. The summed E-state index contributed by atoms with van der Waals surface area (Å²) in [5.74, 6) is 0. The van der Waals surface area contributed by atoms with E-state index < -0.39 is 7.12 Å². The van der Waals surface area contributed by atoms with Crippen LogP contribution >= 0.6 is 0 Å². The molecule has 24 heavy (non-hydrogen) atoms. The van der Waals surface area contributed by atoms with Crippen LogP contribution in [0.3, 0.4) is 0 Å². The largest absolute Gasteiger partial charge is 0.497 e. The van der Waals surface area contributed by atoms with Crippen molar-refractivity contribution >= 4 is 34.3 Å². The molecule has 2 heterocycles. The Bertz CT molecular complexity index is 933. The second-order valence-electron chi connectivity index (χ2n) is 7.57. The lowest BCUT2D eigenvalue weighted by atomic mass is 9.77. The smallest absolute Gasteiger partial charge is 0.399 e. The lowest BCUT2D eigenvalue weighted by molar-refractivity contribution is 0.00578. The first-order valence-electron chi connectivity index (χ1n) is 8.44. The fourth-order valence-corrected chi connectivity index (χ4v) is 3.33. The summed E-state index contributed by atoms with van der Waals surface area (Å²) in [6.07, 6.45) is 0. The average Bonchev–Trinajstić information content (AvgIpc) is 2.75. The minimum Gasteiger partial charge on any atom is -0.399 e. The Morgan fingerprint density at radius 3 is 2.04 bits per heavy atom. The Labute approximate surface area is 143 Å². The van der Waals surface area contributed by atoms with Gasteiger partial charge < -0.3 is 9.31 Å². The van der Waals surface area contributed by atoms with Gasteiger partial charge in [-0.3, -0.25) is 4.98 Å². The lowest BCUT2D eigenvalue weighted by Crippen LogP contribution is -2.41. The molecular weight excluding hydrogens is 297 g/mol. The van der Waals surface area contributed by atoms with Crippen molar-refractivity contribution in [3.8, 4) is 0 Å². The molecule has 0 bridgehead atoms. The zero-order valence-electron chi connectivity index (χ0n) is 14.9. The summed E-state index contributed by atoms with van der Waals surface area (Å²) in [5.41, 5.74) is 2.28. The third-order valence-corrected chi connectivity index (χ3v) is 5.46. The number of para-hydroxylation sites is 1. The van der Waals surface area contributed by atoms with Crippen LogP contribution in [0.25, 0.3) is 21.7 Å². The van der Waals surface area contributed by atoms with E-state index in [1.807, 2.05) is 0 Å². The Morgan fingerprint density at radius 2 is 1.38 bits per heavy atom. The number of nitrogens with zero attached hydrogens (tertiary/aromatic N) is 1. The molecule has 1 aliphatic heterocycles. The van der Waals surface area contributed by atoms with Gasteiger partial charge >= 0.3 is 7.12 Å². The van der Waals surface area contributed by atoms with Gasteiger partial charge in [-0.05, 0) is 40.0 Å². The number of rotatable bonds is 1. The van der Waals surface area contributed by atoms with Crippen molar-refractivity contribution in [3.63, 3.8) is 0 Å². The summed E-state index contributed by atoms with van der Waals surface area (Å²) in [6, 6.07) is 14.7. The SMILES string of the molecule is Cc1nc2c(B3OC(C)(C)C(C)(C)O3)cccc2c2ccccc12. The van der Waals surface area contributed by atoms with Crippen molar-refractivity contribution in [1.82, 2.24) is 4.98 Å². The van der Waals surface area contributed by atoms with E-state index in [0.29, 0.717) is 0 Å². The highest BCUT2D eigenvalue weighted by molar-refractivity contribution is 6.65. The van der Waals surface area contributed by atoms with Crippen molar-refractivity contribution < 1.29 is 9.31 Å². The van der Waals surface area contributed by atoms with E-state index in [9.17, 15) is 0 Å². The van der Waals surface area contributed by atoms with Crippen molar-refractivity contribution in [2.24, 2.45) is 0 Å². The number of hydrogen-bond donors (Lipinski definition) is 0.